The number of para-hydroxylation sites is 1. The van der Waals surface area contributed by atoms with E-state index >= 15 is 0 Å². The molecule has 0 radical (unpaired) electrons. The van der Waals surface area contributed by atoms with E-state index in [1.807, 2.05) is 18.2 Å². The smallest absolute Gasteiger partial charge is 0.225 e. The minimum absolute atomic E-state index is 0.0815. The number of benzene rings is 1. The predicted octanol–water partition coefficient (Wildman–Crippen LogP) is 2.86. The second kappa shape index (κ2) is 9.18. The number of carbonyl (C=O) groups excluding carboxylic acids is 1. The Morgan fingerprint density at radius 2 is 2.09 bits per heavy atom. The van der Waals surface area contributed by atoms with E-state index in [2.05, 4.69) is 33.9 Å². The number of nitrogens with zero attached hydrogens (tertiary/aromatic N) is 1. The van der Waals surface area contributed by atoms with Crippen molar-refractivity contribution in [1.82, 2.24) is 10.6 Å². The Balaban J connectivity index is 1.83. The lowest BCUT2D eigenvalue weighted by atomic mass is 9.90. The zero-order chi connectivity index (χ0) is 16.5. The molecule has 1 atom stereocenters. The molecule has 0 bridgehead atoms. The van der Waals surface area contributed by atoms with Gasteiger partial charge >= 0.3 is 0 Å². The van der Waals surface area contributed by atoms with Crippen LogP contribution in [0.15, 0.2) is 29.3 Å². The maximum Gasteiger partial charge on any atom is 0.225 e. The highest BCUT2D eigenvalue weighted by Gasteiger charge is 2.24. The first-order valence-electron chi connectivity index (χ1n) is 8.58. The highest BCUT2D eigenvalue weighted by Crippen LogP contribution is 2.31. The fraction of sp³-hybridized carbons (Fsp3) is 0.556. The van der Waals surface area contributed by atoms with Crippen molar-refractivity contribution in [3.05, 3.63) is 29.8 Å². The van der Waals surface area contributed by atoms with Crippen LogP contribution in [0.1, 0.15) is 50.5 Å². The number of amides is 1. The van der Waals surface area contributed by atoms with Gasteiger partial charge in [0.25, 0.3) is 0 Å². The Morgan fingerprint density at radius 1 is 1.26 bits per heavy atom. The summed E-state index contributed by atoms with van der Waals surface area (Å²) in [5.74, 6) is 1.07. The highest BCUT2D eigenvalue weighted by atomic mass is 16.1. The molecule has 1 aliphatic heterocycles. The van der Waals surface area contributed by atoms with Gasteiger partial charge in [-0.1, -0.05) is 44.4 Å². The van der Waals surface area contributed by atoms with Gasteiger partial charge in [-0.3, -0.25) is 9.79 Å². The fourth-order valence-electron chi connectivity index (χ4n) is 2.88. The number of aliphatic imine (C=N–C) groups is 1. The first-order chi connectivity index (χ1) is 11.2. The van der Waals surface area contributed by atoms with Gasteiger partial charge in [0, 0.05) is 38.2 Å². The number of guanidine groups is 1. The van der Waals surface area contributed by atoms with Crippen LogP contribution in [0.2, 0.25) is 0 Å². The molecule has 0 saturated carbocycles. The van der Waals surface area contributed by atoms with Gasteiger partial charge in [-0.2, -0.15) is 0 Å². The van der Waals surface area contributed by atoms with E-state index < -0.39 is 0 Å². The van der Waals surface area contributed by atoms with Crippen molar-refractivity contribution in [2.24, 2.45) is 4.99 Å². The second-order valence-corrected chi connectivity index (χ2v) is 5.98. The minimum atomic E-state index is 0.0815. The van der Waals surface area contributed by atoms with E-state index in [4.69, 9.17) is 0 Å². The third-order valence-electron chi connectivity index (χ3n) is 4.17. The third-order valence-corrected chi connectivity index (χ3v) is 4.17. The lowest BCUT2D eigenvalue weighted by Crippen LogP contribution is -2.41. The SMILES string of the molecule is CCCCCCNC(=NC)NCC1CC(=O)Nc2ccccc21. The number of hydrogen-bond donors (Lipinski definition) is 3. The van der Waals surface area contributed by atoms with Crippen molar-refractivity contribution >= 4 is 17.6 Å². The summed E-state index contributed by atoms with van der Waals surface area (Å²) in [6.07, 6.45) is 5.44. The third kappa shape index (κ3) is 5.27. The van der Waals surface area contributed by atoms with Gasteiger partial charge < -0.3 is 16.0 Å². The molecule has 126 valence electrons. The second-order valence-electron chi connectivity index (χ2n) is 5.98. The summed E-state index contributed by atoms with van der Waals surface area (Å²) in [6.45, 7) is 3.85. The molecule has 1 aliphatic rings. The standard InChI is InChI=1S/C18H28N4O/c1-3-4-5-8-11-20-18(19-2)21-13-14-12-17(23)22-16-10-7-6-9-15(14)16/h6-7,9-10,14H,3-5,8,11-13H2,1-2H3,(H,22,23)(H2,19,20,21). The van der Waals surface area contributed by atoms with Gasteiger partial charge in [0.05, 0.1) is 0 Å². The van der Waals surface area contributed by atoms with Crippen LogP contribution in [0.25, 0.3) is 0 Å². The summed E-state index contributed by atoms with van der Waals surface area (Å²) in [5.41, 5.74) is 2.12. The molecule has 1 heterocycles. The summed E-state index contributed by atoms with van der Waals surface area (Å²) < 4.78 is 0. The maximum atomic E-state index is 11.8. The lowest BCUT2D eigenvalue weighted by molar-refractivity contribution is -0.116. The molecule has 1 aromatic carbocycles. The molecule has 1 aromatic rings. The molecular weight excluding hydrogens is 288 g/mol. The molecule has 0 fully saturated rings. The van der Waals surface area contributed by atoms with Crippen LogP contribution in [-0.4, -0.2) is 32.0 Å². The quantitative estimate of drug-likeness (QED) is 0.412. The Morgan fingerprint density at radius 3 is 2.87 bits per heavy atom. The molecule has 1 unspecified atom stereocenters. The number of fused-ring (bicyclic) bond motifs is 1. The predicted molar refractivity (Wildman–Crippen MR) is 95.9 cm³/mol. The van der Waals surface area contributed by atoms with E-state index in [1.54, 1.807) is 7.05 Å². The molecule has 5 nitrogen and oxygen atoms in total. The van der Waals surface area contributed by atoms with Crippen LogP contribution in [0.5, 0.6) is 0 Å². The lowest BCUT2D eigenvalue weighted by Gasteiger charge is -2.26. The first-order valence-corrected chi connectivity index (χ1v) is 8.58. The Hall–Kier alpha value is -2.04. The molecule has 3 N–H and O–H groups in total. The van der Waals surface area contributed by atoms with Crippen molar-refractivity contribution in [1.29, 1.82) is 0 Å². The molecule has 0 spiro atoms. The number of rotatable bonds is 7. The van der Waals surface area contributed by atoms with E-state index in [1.165, 1.54) is 24.8 Å². The number of hydrogen-bond acceptors (Lipinski definition) is 2. The van der Waals surface area contributed by atoms with E-state index in [0.29, 0.717) is 13.0 Å². The van der Waals surface area contributed by atoms with Gasteiger partial charge in [-0.15, -0.1) is 0 Å². The van der Waals surface area contributed by atoms with Crippen molar-refractivity contribution in [2.75, 3.05) is 25.5 Å². The van der Waals surface area contributed by atoms with Crippen LogP contribution in [0.4, 0.5) is 5.69 Å². The summed E-state index contributed by atoms with van der Waals surface area (Å²) in [5, 5.41) is 9.62. The number of nitrogens with one attached hydrogen (secondary N) is 3. The van der Waals surface area contributed by atoms with Gasteiger partial charge in [0.15, 0.2) is 5.96 Å². The van der Waals surface area contributed by atoms with Crippen LogP contribution in [0.3, 0.4) is 0 Å². The highest BCUT2D eigenvalue weighted by molar-refractivity contribution is 5.94. The summed E-state index contributed by atoms with van der Waals surface area (Å²) in [6, 6.07) is 8.01. The Kier molecular flexibility index (Phi) is 6.91. The molecule has 23 heavy (non-hydrogen) atoms. The topological polar surface area (TPSA) is 65.5 Å². The summed E-state index contributed by atoms with van der Waals surface area (Å²) >= 11 is 0. The number of anilines is 1. The molecule has 1 amide bonds. The molecule has 0 aliphatic carbocycles. The van der Waals surface area contributed by atoms with E-state index in [0.717, 1.165) is 24.6 Å². The van der Waals surface area contributed by atoms with Crippen molar-refractivity contribution < 1.29 is 4.79 Å². The number of unbranched alkanes of at least 4 members (excludes halogenated alkanes) is 3. The van der Waals surface area contributed by atoms with Crippen molar-refractivity contribution in [3.63, 3.8) is 0 Å². The molecule has 0 aromatic heterocycles. The molecule has 2 rings (SSSR count). The Bertz CT molecular complexity index is 542. The zero-order valence-electron chi connectivity index (χ0n) is 14.2. The average Bonchev–Trinajstić information content (AvgIpc) is 2.57. The molecule has 0 saturated heterocycles. The van der Waals surface area contributed by atoms with E-state index in [-0.39, 0.29) is 11.8 Å². The van der Waals surface area contributed by atoms with E-state index in [9.17, 15) is 4.79 Å². The Labute approximate surface area is 139 Å². The van der Waals surface area contributed by atoms with Crippen molar-refractivity contribution in [2.45, 2.75) is 44.9 Å². The van der Waals surface area contributed by atoms with Gasteiger partial charge in [0.1, 0.15) is 0 Å². The monoisotopic (exact) mass is 316 g/mol. The van der Waals surface area contributed by atoms with Crippen molar-refractivity contribution in [3.8, 4) is 0 Å². The normalized spacial score (nSPS) is 17.4. The van der Waals surface area contributed by atoms with Gasteiger partial charge in [0.2, 0.25) is 5.91 Å². The summed E-state index contributed by atoms with van der Waals surface area (Å²) in [4.78, 5) is 16.1. The first kappa shape index (κ1) is 17.3. The maximum absolute atomic E-state index is 11.8. The zero-order valence-corrected chi connectivity index (χ0v) is 14.2. The van der Waals surface area contributed by atoms with Crippen LogP contribution >= 0.6 is 0 Å². The van der Waals surface area contributed by atoms with Crippen LogP contribution in [0, 0.1) is 0 Å². The van der Waals surface area contributed by atoms with Gasteiger partial charge in [-0.25, -0.2) is 0 Å². The minimum Gasteiger partial charge on any atom is -0.356 e. The largest absolute Gasteiger partial charge is 0.356 e. The van der Waals surface area contributed by atoms with Gasteiger partial charge in [-0.05, 0) is 18.1 Å². The van der Waals surface area contributed by atoms with Crippen LogP contribution < -0.4 is 16.0 Å². The van der Waals surface area contributed by atoms with Crippen LogP contribution in [-0.2, 0) is 4.79 Å². The molecular formula is C18H28N4O. The summed E-state index contributed by atoms with van der Waals surface area (Å²) in [7, 11) is 1.78. The average molecular weight is 316 g/mol. The number of carbonyl (C=O) groups is 1. The molecule has 5 heteroatoms. The fourth-order valence-corrected chi connectivity index (χ4v) is 2.88.